The molecule has 71 heavy (non-hydrogen) atoms. The lowest BCUT2D eigenvalue weighted by Gasteiger charge is -2.17. The fourth-order valence-corrected chi connectivity index (χ4v) is 8.73. The molecular weight excluding hydrogens is 930 g/mol. The molecule has 8 aromatic rings. The van der Waals surface area contributed by atoms with Crippen molar-refractivity contribution in [3.8, 4) is 17.2 Å². The molecule has 0 fully saturated rings. The van der Waals surface area contributed by atoms with E-state index in [4.69, 9.17) is 9.47 Å². The number of esters is 1. The predicted octanol–water partition coefficient (Wildman–Crippen LogP) is 11.9. The molecule has 15 nitrogen and oxygen atoms in total. The van der Waals surface area contributed by atoms with E-state index < -0.39 is 40.8 Å². The van der Waals surface area contributed by atoms with Crippen LogP contribution in [0.1, 0.15) is 42.5 Å². The lowest BCUT2D eigenvalue weighted by molar-refractivity contribution is 0.0710. The third-order valence-corrected chi connectivity index (χ3v) is 12.3. The molecule has 358 valence electrons. The Labute approximate surface area is 399 Å². The third-order valence-electron chi connectivity index (χ3n) is 12.3. The Morgan fingerprint density at radius 3 is 1.54 bits per heavy atom. The van der Waals surface area contributed by atoms with Crippen LogP contribution in [0.5, 0.6) is 17.2 Å². The molecule has 0 saturated carbocycles. The molecule has 0 spiro atoms. The highest BCUT2D eigenvalue weighted by atomic mass is 19.2. The summed E-state index contributed by atoms with van der Waals surface area (Å²) in [7, 11) is 6.93. The lowest BCUT2D eigenvalue weighted by Crippen LogP contribution is -2.29. The minimum atomic E-state index is -2.39. The Kier molecular flexibility index (Phi) is 11.7. The second-order valence-corrected chi connectivity index (χ2v) is 16.7. The van der Waals surface area contributed by atoms with Gasteiger partial charge in [-0.3, -0.25) is 9.59 Å². The Hall–Kier alpha value is -8.94. The van der Waals surface area contributed by atoms with Crippen LogP contribution in [0.25, 0.3) is 21.8 Å². The van der Waals surface area contributed by atoms with Gasteiger partial charge in [-0.1, -0.05) is 0 Å². The number of aromatic nitrogens is 2. The molecule has 0 aliphatic carbocycles. The Bertz CT molecular complexity index is 3530. The number of halogens is 5. The number of H-pyrrole nitrogens is 2. The molecule has 0 radical (unpaired) electrons. The molecule has 20 heteroatoms. The highest BCUT2D eigenvalue weighted by Gasteiger charge is 2.33. The molecular formula is C51H38F5N9O6. The topological polar surface area (TPSA) is 170 Å². The third kappa shape index (κ3) is 8.21. The maximum atomic E-state index is 14.3. The number of aromatic amines is 2. The average molecular weight is 968 g/mol. The molecule has 2 aromatic heterocycles. The maximum Gasteiger partial charge on any atom is 0.360 e. The molecule has 0 unspecified atom stereocenters. The van der Waals surface area contributed by atoms with Crippen LogP contribution < -0.4 is 28.9 Å². The quantitative estimate of drug-likeness (QED) is 0.0324. The number of amides is 2. The summed E-state index contributed by atoms with van der Waals surface area (Å²) in [6.07, 6.45) is 0.915. The first-order chi connectivity index (χ1) is 34.2. The Morgan fingerprint density at radius 2 is 1.03 bits per heavy atom. The van der Waals surface area contributed by atoms with Gasteiger partial charge in [0.05, 0.1) is 25.6 Å². The van der Waals surface area contributed by atoms with E-state index in [0.717, 1.165) is 16.6 Å². The van der Waals surface area contributed by atoms with Crippen molar-refractivity contribution in [3.05, 3.63) is 154 Å². The monoisotopic (exact) mass is 967 g/mol. The van der Waals surface area contributed by atoms with Crippen LogP contribution >= 0.6 is 0 Å². The van der Waals surface area contributed by atoms with E-state index in [-0.39, 0.29) is 24.1 Å². The number of anilines is 3. The smallest absolute Gasteiger partial charge is 0.360 e. The first kappa shape index (κ1) is 45.8. The SMILES string of the molecule is COc1cc(/N=N/c2ccc(N(C)C)cc2)c(OC)cc1/N=N/c1ccc(C(=O)N2CCc3c2ccc2[nH]c(C(=O)N4CCc5c4ccc4[nH]c(C(=O)Oc6c(F)c(F)c(F)c(F)c6F)cc54)cc32)cc1. The van der Waals surface area contributed by atoms with Crippen molar-refractivity contribution in [1.29, 1.82) is 0 Å². The largest absolute Gasteiger partial charge is 0.494 e. The molecule has 10 rings (SSSR count). The van der Waals surface area contributed by atoms with Crippen LogP contribution in [-0.4, -0.2) is 69.2 Å². The first-order valence-corrected chi connectivity index (χ1v) is 21.9. The molecule has 4 heterocycles. The van der Waals surface area contributed by atoms with Crippen LogP contribution in [0.4, 0.5) is 61.8 Å². The zero-order chi connectivity index (χ0) is 49.8. The second kappa shape index (κ2) is 18.2. The van der Waals surface area contributed by atoms with Crippen molar-refractivity contribution in [2.45, 2.75) is 12.8 Å². The van der Waals surface area contributed by atoms with Gasteiger partial charge in [-0.2, -0.15) is 19.0 Å². The van der Waals surface area contributed by atoms with Crippen LogP contribution in [0.3, 0.4) is 0 Å². The van der Waals surface area contributed by atoms with E-state index in [1.807, 2.05) is 55.4 Å². The van der Waals surface area contributed by atoms with Gasteiger partial charge in [0.25, 0.3) is 11.8 Å². The maximum absolute atomic E-state index is 14.3. The molecule has 2 aliphatic heterocycles. The molecule has 2 N–H and O–H groups in total. The van der Waals surface area contributed by atoms with Gasteiger partial charge in [-0.25, -0.2) is 18.0 Å². The number of carbonyl (C=O) groups is 3. The standard InChI is InChI=1S/C51H38F5N9O6/c1-63(2)28-11-9-27(10-12-28)60-62-36-24-41(69-3)35(23-42(36)70-4)61-59-26-7-5-25(6-8-26)49(66)64-19-17-29-31-21-37(57-33(31)13-15-39(29)64)50(67)65-20-18-30-32-22-38(58-34(32)14-16-40(30)65)51(68)71-48-46(55)44(53)43(52)45(54)47(48)56/h5-16,21-24,57-58H,17-20H2,1-4H3/b61-59+,62-60+. The normalized spacial score (nSPS) is 13.2. The minimum Gasteiger partial charge on any atom is -0.494 e. The van der Waals surface area contributed by atoms with Crippen molar-refractivity contribution < 1.29 is 50.5 Å². The number of benzene rings is 6. The highest BCUT2D eigenvalue weighted by Crippen LogP contribution is 2.42. The molecule has 0 bridgehead atoms. The molecule has 2 amide bonds. The van der Waals surface area contributed by atoms with Crippen LogP contribution in [0, 0.1) is 29.1 Å². The summed E-state index contributed by atoms with van der Waals surface area (Å²) in [6.45, 7) is 0.683. The summed E-state index contributed by atoms with van der Waals surface area (Å²) in [5.74, 6) is -14.3. The van der Waals surface area contributed by atoms with E-state index in [1.54, 1.807) is 64.4 Å². The van der Waals surface area contributed by atoms with Gasteiger partial charge < -0.3 is 38.9 Å². The van der Waals surface area contributed by atoms with Gasteiger partial charge in [0.1, 0.15) is 34.3 Å². The molecule has 0 atom stereocenters. The number of ether oxygens (including phenoxy) is 3. The second-order valence-electron chi connectivity index (χ2n) is 16.7. The number of nitrogens with one attached hydrogen (secondary N) is 2. The van der Waals surface area contributed by atoms with E-state index in [2.05, 4.69) is 35.2 Å². The van der Waals surface area contributed by atoms with Crippen LogP contribution in [0.15, 0.2) is 118 Å². The van der Waals surface area contributed by atoms with Gasteiger partial charge in [0.15, 0.2) is 0 Å². The number of rotatable bonds is 11. The zero-order valence-corrected chi connectivity index (χ0v) is 38.0. The zero-order valence-electron chi connectivity index (χ0n) is 38.0. The summed E-state index contributed by atoms with van der Waals surface area (Å²) in [5, 5.41) is 18.8. The number of fused-ring (bicyclic) bond motifs is 6. The van der Waals surface area contributed by atoms with Gasteiger partial charge in [0, 0.05) is 83.7 Å². The number of hydrogen-bond donors (Lipinski definition) is 2. The lowest BCUT2D eigenvalue weighted by atomic mass is 10.1. The molecule has 2 aliphatic rings. The summed E-state index contributed by atoms with van der Waals surface area (Å²) in [5.41, 5.74) is 7.37. The predicted molar refractivity (Wildman–Crippen MR) is 254 cm³/mol. The van der Waals surface area contributed by atoms with Gasteiger partial charge in [0.2, 0.25) is 34.8 Å². The van der Waals surface area contributed by atoms with Gasteiger partial charge >= 0.3 is 5.97 Å². The van der Waals surface area contributed by atoms with Crippen molar-refractivity contribution in [1.82, 2.24) is 9.97 Å². The van der Waals surface area contributed by atoms with Crippen LogP contribution in [-0.2, 0) is 12.8 Å². The Morgan fingerprint density at radius 1 is 0.563 bits per heavy atom. The number of azo groups is 2. The fourth-order valence-electron chi connectivity index (χ4n) is 8.73. The van der Waals surface area contributed by atoms with E-state index >= 15 is 0 Å². The summed E-state index contributed by atoms with van der Waals surface area (Å²) in [4.78, 5) is 52.2. The van der Waals surface area contributed by atoms with Gasteiger partial charge in [-0.05, 0) is 109 Å². The van der Waals surface area contributed by atoms with E-state index in [9.17, 15) is 36.3 Å². The van der Waals surface area contributed by atoms with E-state index in [0.29, 0.717) is 98.3 Å². The molecule has 0 saturated heterocycles. The highest BCUT2D eigenvalue weighted by molar-refractivity contribution is 6.13. The summed E-state index contributed by atoms with van der Waals surface area (Å²) < 4.78 is 85.3. The first-order valence-electron chi connectivity index (χ1n) is 21.9. The Balaban J connectivity index is 0.822. The number of nitrogens with zero attached hydrogens (tertiary/aromatic N) is 7. The summed E-state index contributed by atoms with van der Waals surface area (Å²) >= 11 is 0. The number of carbonyl (C=O) groups excluding carboxylic acids is 3. The number of methoxy groups -OCH3 is 2. The number of hydrogen-bond acceptors (Lipinski definition) is 11. The molecule has 6 aromatic carbocycles. The fraction of sp³-hybridized carbons (Fsp3) is 0.157. The van der Waals surface area contributed by atoms with Gasteiger partial charge in [-0.15, -0.1) is 10.2 Å². The minimum absolute atomic E-state index is 0.220. The van der Waals surface area contributed by atoms with Crippen molar-refractivity contribution in [2.24, 2.45) is 20.5 Å². The van der Waals surface area contributed by atoms with E-state index in [1.165, 1.54) is 20.3 Å². The average Bonchev–Trinajstić information content (AvgIpc) is 4.22. The van der Waals surface area contributed by atoms with Crippen molar-refractivity contribution in [2.75, 3.05) is 56.1 Å². The summed E-state index contributed by atoms with van der Waals surface area (Å²) in [6, 6.07) is 27.7. The van der Waals surface area contributed by atoms with Crippen molar-refractivity contribution in [3.63, 3.8) is 0 Å². The van der Waals surface area contributed by atoms with Crippen molar-refractivity contribution >= 4 is 79.4 Å². The van der Waals surface area contributed by atoms with Crippen LogP contribution in [0.2, 0.25) is 0 Å².